The number of nitrogens with one attached hydrogen (secondary N) is 1. The summed E-state index contributed by atoms with van der Waals surface area (Å²) >= 11 is 3.37. The van der Waals surface area contributed by atoms with Crippen LogP contribution in [0.25, 0.3) is 0 Å². The van der Waals surface area contributed by atoms with Gasteiger partial charge >= 0.3 is 0 Å². The molecule has 1 unspecified atom stereocenters. The highest BCUT2D eigenvalue weighted by Gasteiger charge is 2.11. The average molecular weight is 356 g/mol. The highest BCUT2D eigenvalue weighted by atomic mass is 79.9. The summed E-state index contributed by atoms with van der Waals surface area (Å²) in [5.41, 5.74) is 0.972. The number of benzene rings is 1. The summed E-state index contributed by atoms with van der Waals surface area (Å²) in [4.78, 5) is 12.0. The Bertz CT molecular complexity index is 454. The van der Waals surface area contributed by atoms with Crippen molar-refractivity contribution in [3.8, 4) is 0 Å². The largest absolute Gasteiger partial charge is 0.378 e. The maximum Gasteiger partial charge on any atom is 0.251 e. The number of carbonyl (C=O) groups excluding carboxylic acids is 1. The van der Waals surface area contributed by atoms with E-state index in [1.165, 1.54) is 0 Å². The number of halogens is 1. The van der Waals surface area contributed by atoms with Gasteiger partial charge in [0.1, 0.15) is 0 Å². The number of hydrogen-bond donors (Lipinski definition) is 1. The topological polar surface area (TPSA) is 38.3 Å². The van der Waals surface area contributed by atoms with Crippen LogP contribution in [0.1, 0.15) is 50.9 Å². The minimum absolute atomic E-state index is 0.0433. The van der Waals surface area contributed by atoms with Gasteiger partial charge in [-0.15, -0.1) is 0 Å². The Hall–Kier alpha value is -0.870. The molecule has 1 atom stereocenters. The lowest BCUT2D eigenvalue weighted by molar-refractivity contribution is 0.0441. The molecule has 3 nitrogen and oxygen atoms in total. The predicted octanol–water partition coefficient (Wildman–Crippen LogP) is 4.41. The number of ether oxygens (including phenoxy) is 1. The second kappa shape index (κ2) is 8.54. The summed E-state index contributed by atoms with van der Waals surface area (Å²) in [5, 5.41) is 2.92. The van der Waals surface area contributed by atoms with Gasteiger partial charge in [-0.2, -0.15) is 0 Å². The first kappa shape index (κ1) is 18.2. The normalized spacial score (nSPS) is 13.0. The van der Waals surface area contributed by atoms with Crippen molar-refractivity contribution in [2.75, 3.05) is 13.2 Å². The summed E-state index contributed by atoms with van der Waals surface area (Å²) in [7, 11) is 0. The molecule has 1 amide bonds. The van der Waals surface area contributed by atoms with Gasteiger partial charge in [0, 0.05) is 23.2 Å². The zero-order valence-corrected chi connectivity index (χ0v) is 15.0. The summed E-state index contributed by atoms with van der Waals surface area (Å²) in [6, 6.07) is 7.39. The second-order valence-corrected chi connectivity index (χ2v) is 7.46. The lowest BCUT2D eigenvalue weighted by atomic mass is 9.93. The van der Waals surface area contributed by atoms with Crippen molar-refractivity contribution >= 4 is 21.8 Å². The van der Waals surface area contributed by atoms with E-state index in [2.05, 4.69) is 42.0 Å². The van der Waals surface area contributed by atoms with Crippen molar-refractivity contribution in [1.82, 2.24) is 5.32 Å². The van der Waals surface area contributed by atoms with Crippen LogP contribution in [0.2, 0.25) is 0 Å². The molecule has 0 saturated carbocycles. The minimum Gasteiger partial charge on any atom is -0.378 e. The smallest absolute Gasteiger partial charge is 0.251 e. The molecule has 0 aliphatic heterocycles. The zero-order chi connectivity index (χ0) is 15.9. The van der Waals surface area contributed by atoms with Crippen molar-refractivity contribution in [3.63, 3.8) is 0 Å². The molecule has 0 aliphatic rings. The molecule has 1 rings (SSSR count). The Kier molecular flexibility index (Phi) is 7.40. The molecule has 4 heteroatoms. The molecule has 0 heterocycles. The average Bonchev–Trinajstić information content (AvgIpc) is 2.37. The van der Waals surface area contributed by atoms with Crippen molar-refractivity contribution in [1.29, 1.82) is 0 Å². The molecule has 0 aliphatic carbocycles. The van der Waals surface area contributed by atoms with E-state index >= 15 is 0 Å². The van der Waals surface area contributed by atoms with E-state index in [9.17, 15) is 4.79 Å². The van der Waals surface area contributed by atoms with Crippen LogP contribution in [-0.4, -0.2) is 25.2 Å². The number of carbonyl (C=O) groups is 1. The zero-order valence-electron chi connectivity index (χ0n) is 13.4. The molecule has 0 bridgehead atoms. The van der Waals surface area contributed by atoms with E-state index < -0.39 is 0 Å². The van der Waals surface area contributed by atoms with E-state index in [0.717, 1.165) is 23.9 Å². The van der Waals surface area contributed by atoms with Crippen LogP contribution in [0.15, 0.2) is 28.7 Å². The van der Waals surface area contributed by atoms with Crippen molar-refractivity contribution < 1.29 is 9.53 Å². The standard InChI is InChI=1S/C17H26BrNO2/c1-13(21-11-9-17(2,3)4)8-10-19-16(20)14-6-5-7-15(18)12-14/h5-7,12-13H,8-11H2,1-4H3,(H,19,20). The lowest BCUT2D eigenvalue weighted by Gasteiger charge is -2.20. The van der Waals surface area contributed by atoms with Crippen molar-refractivity contribution in [2.45, 2.75) is 46.6 Å². The Morgan fingerprint density at radius 2 is 2.10 bits per heavy atom. The molecule has 0 radical (unpaired) electrons. The predicted molar refractivity (Wildman–Crippen MR) is 90.6 cm³/mol. The van der Waals surface area contributed by atoms with Gasteiger partial charge in [-0.25, -0.2) is 0 Å². The maximum atomic E-state index is 12.0. The molecule has 0 spiro atoms. The van der Waals surface area contributed by atoms with Crippen LogP contribution >= 0.6 is 15.9 Å². The molecule has 1 aromatic carbocycles. The molecule has 1 N–H and O–H groups in total. The SMILES string of the molecule is CC(CCNC(=O)c1cccc(Br)c1)OCCC(C)(C)C. The molecule has 21 heavy (non-hydrogen) atoms. The first-order valence-electron chi connectivity index (χ1n) is 7.43. The van der Waals surface area contributed by atoms with E-state index in [1.807, 2.05) is 31.2 Å². The maximum absolute atomic E-state index is 12.0. The van der Waals surface area contributed by atoms with Gasteiger partial charge in [-0.3, -0.25) is 4.79 Å². The fraction of sp³-hybridized carbons (Fsp3) is 0.588. The number of rotatable bonds is 7. The third-order valence-electron chi connectivity index (χ3n) is 3.18. The Labute approximate surface area is 136 Å². The Morgan fingerprint density at radius 1 is 1.38 bits per heavy atom. The molecule has 0 fully saturated rings. The van der Waals surface area contributed by atoms with Gasteiger partial charge < -0.3 is 10.1 Å². The third-order valence-corrected chi connectivity index (χ3v) is 3.67. The molecular weight excluding hydrogens is 330 g/mol. The fourth-order valence-corrected chi connectivity index (χ4v) is 2.17. The van der Waals surface area contributed by atoms with Crippen LogP contribution in [0.5, 0.6) is 0 Å². The molecule has 118 valence electrons. The van der Waals surface area contributed by atoms with E-state index in [0.29, 0.717) is 17.5 Å². The van der Waals surface area contributed by atoms with Gasteiger partial charge in [0.25, 0.3) is 5.91 Å². The van der Waals surface area contributed by atoms with Crippen LogP contribution in [0, 0.1) is 5.41 Å². The van der Waals surface area contributed by atoms with Crippen molar-refractivity contribution in [3.05, 3.63) is 34.3 Å². The summed E-state index contributed by atoms with van der Waals surface area (Å²) in [6.07, 6.45) is 2.03. The minimum atomic E-state index is -0.0433. The lowest BCUT2D eigenvalue weighted by Crippen LogP contribution is -2.27. The number of amides is 1. The van der Waals surface area contributed by atoms with Gasteiger partial charge in [0.2, 0.25) is 0 Å². The van der Waals surface area contributed by atoms with Crippen LogP contribution in [0.3, 0.4) is 0 Å². The van der Waals surface area contributed by atoms with E-state index in [4.69, 9.17) is 4.74 Å². The summed E-state index contributed by atoms with van der Waals surface area (Å²) < 4.78 is 6.68. The van der Waals surface area contributed by atoms with E-state index in [-0.39, 0.29) is 12.0 Å². The third kappa shape index (κ3) is 8.22. The quantitative estimate of drug-likeness (QED) is 0.786. The summed E-state index contributed by atoms with van der Waals surface area (Å²) in [5.74, 6) is -0.0433. The highest BCUT2D eigenvalue weighted by Crippen LogP contribution is 2.18. The van der Waals surface area contributed by atoms with E-state index in [1.54, 1.807) is 0 Å². The Morgan fingerprint density at radius 3 is 2.71 bits per heavy atom. The van der Waals surface area contributed by atoms with Crippen LogP contribution < -0.4 is 5.32 Å². The second-order valence-electron chi connectivity index (χ2n) is 6.55. The Balaban J connectivity index is 2.22. The first-order chi connectivity index (χ1) is 9.78. The first-order valence-corrected chi connectivity index (χ1v) is 8.22. The molecular formula is C17H26BrNO2. The van der Waals surface area contributed by atoms with Gasteiger partial charge in [-0.05, 0) is 43.4 Å². The van der Waals surface area contributed by atoms with Crippen LogP contribution in [0.4, 0.5) is 0 Å². The van der Waals surface area contributed by atoms with Crippen LogP contribution in [-0.2, 0) is 4.74 Å². The molecule has 0 aromatic heterocycles. The van der Waals surface area contributed by atoms with Gasteiger partial charge in [0.15, 0.2) is 0 Å². The highest BCUT2D eigenvalue weighted by molar-refractivity contribution is 9.10. The molecule has 1 aromatic rings. The fourth-order valence-electron chi connectivity index (χ4n) is 1.77. The summed E-state index contributed by atoms with van der Waals surface area (Å²) in [6.45, 7) is 10.1. The van der Waals surface area contributed by atoms with Crippen molar-refractivity contribution in [2.24, 2.45) is 5.41 Å². The molecule has 0 saturated heterocycles. The van der Waals surface area contributed by atoms with Gasteiger partial charge in [0.05, 0.1) is 6.10 Å². The van der Waals surface area contributed by atoms with Gasteiger partial charge in [-0.1, -0.05) is 42.8 Å². The monoisotopic (exact) mass is 355 g/mol. The number of hydrogen-bond acceptors (Lipinski definition) is 2.